The van der Waals surface area contributed by atoms with Gasteiger partial charge in [-0.3, -0.25) is 9.59 Å². The summed E-state index contributed by atoms with van der Waals surface area (Å²) >= 11 is 0. The third kappa shape index (κ3) is 3.32. The molecular formula is C18H21N3O3. The summed E-state index contributed by atoms with van der Waals surface area (Å²) in [6.07, 6.45) is 1.34. The van der Waals surface area contributed by atoms with E-state index in [1.54, 1.807) is 11.9 Å². The van der Waals surface area contributed by atoms with Crippen LogP contribution in [0.5, 0.6) is 0 Å². The molecule has 0 spiro atoms. The highest BCUT2D eigenvalue weighted by Gasteiger charge is 2.24. The molecule has 2 amide bonds. The summed E-state index contributed by atoms with van der Waals surface area (Å²) in [6.45, 7) is 3.77. The van der Waals surface area contributed by atoms with E-state index in [2.05, 4.69) is 10.5 Å². The number of hydrogen-bond donors (Lipinski definition) is 1. The third-order valence-corrected chi connectivity index (χ3v) is 4.34. The first-order valence-electron chi connectivity index (χ1n) is 8.05. The maximum atomic E-state index is 12.1. The van der Waals surface area contributed by atoms with Gasteiger partial charge in [0.1, 0.15) is 5.76 Å². The molecule has 6 heteroatoms. The van der Waals surface area contributed by atoms with E-state index >= 15 is 0 Å². The number of likely N-dealkylation sites (N-methyl/N-ethyl adjacent to an activating group) is 1. The fraction of sp³-hybridized carbons (Fsp3) is 0.389. The Balaban J connectivity index is 1.59. The smallest absolute Gasteiger partial charge is 0.231 e. The summed E-state index contributed by atoms with van der Waals surface area (Å²) in [5.41, 5.74) is 3.75. The molecule has 1 unspecified atom stereocenters. The molecule has 0 aliphatic carbocycles. The van der Waals surface area contributed by atoms with Crippen LogP contribution >= 0.6 is 0 Å². The summed E-state index contributed by atoms with van der Waals surface area (Å²) in [4.78, 5) is 25.5. The second-order valence-electron chi connectivity index (χ2n) is 6.24. The number of nitrogens with zero attached hydrogens (tertiary/aromatic N) is 2. The largest absolute Gasteiger partial charge is 0.361 e. The molecule has 3 rings (SSSR count). The molecule has 1 aromatic carbocycles. The van der Waals surface area contributed by atoms with E-state index in [-0.39, 0.29) is 17.9 Å². The quantitative estimate of drug-likeness (QED) is 0.914. The number of benzene rings is 1. The zero-order valence-electron chi connectivity index (χ0n) is 14.1. The van der Waals surface area contributed by atoms with Crippen LogP contribution in [0.4, 0.5) is 5.69 Å². The van der Waals surface area contributed by atoms with Crippen molar-refractivity contribution in [3.63, 3.8) is 0 Å². The van der Waals surface area contributed by atoms with E-state index in [4.69, 9.17) is 4.52 Å². The monoisotopic (exact) mass is 327 g/mol. The van der Waals surface area contributed by atoms with Gasteiger partial charge in [0, 0.05) is 31.6 Å². The van der Waals surface area contributed by atoms with Gasteiger partial charge in [-0.2, -0.15) is 0 Å². The standard InChI is InChI=1S/C18H21N3O3/c1-11-8-15(20-24-11)5-7-17(22)19-12(2)13-4-6-16-14(9-13)10-18(23)21(16)3/h4,6,8-9,12H,5,7,10H2,1-3H3,(H,19,22). The summed E-state index contributed by atoms with van der Waals surface area (Å²) in [7, 11) is 1.78. The first-order chi connectivity index (χ1) is 11.4. The topological polar surface area (TPSA) is 75.4 Å². The van der Waals surface area contributed by atoms with Gasteiger partial charge in [-0.05, 0) is 31.0 Å². The first kappa shape index (κ1) is 16.2. The second kappa shape index (κ2) is 6.47. The Kier molecular flexibility index (Phi) is 4.38. The lowest BCUT2D eigenvalue weighted by Crippen LogP contribution is -2.26. The Morgan fingerprint density at radius 1 is 1.42 bits per heavy atom. The van der Waals surface area contributed by atoms with E-state index < -0.39 is 0 Å². The molecular weight excluding hydrogens is 306 g/mol. The first-order valence-corrected chi connectivity index (χ1v) is 8.05. The zero-order valence-corrected chi connectivity index (χ0v) is 14.1. The van der Waals surface area contributed by atoms with Crippen molar-refractivity contribution in [3.8, 4) is 0 Å². The number of hydrogen-bond acceptors (Lipinski definition) is 4. The summed E-state index contributed by atoms with van der Waals surface area (Å²) in [6, 6.07) is 7.63. The van der Waals surface area contributed by atoms with Crippen molar-refractivity contribution >= 4 is 17.5 Å². The average Bonchev–Trinajstić information content (AvgIpc) is 3.09. The van der Waals surface area contributed by atoms with Crippen LogP contribution in [0.15, 0.2) is 28.8 Å². The number of nitrogens with one attached hydrogen (secondary N) is 1. The molecule has 1 atom stereocenters. The normalized spacial score (nSPS) is 14.6. The summed E-state index contributed by atoms with van der Waals surface area (Å²) in [5, 5.41) is 6.88. The van der Waals surface area contributed by atoms with Crippen molar-refractivity contribution in [2.75, 3.05) is 11.9 Å². The molecule has 0 bridgehead atoms. The van der Waals surface area contributed by atoms with Gasteiger partial charge < -0.3 is 14.7 Å². The lowest BCUT2D eigenvalue weighted by atomic mass is 10.0. The predicted molar refractivity (Wildman–Crippen MR) is 89.7 cm³/mol. The molecule has 1 aliphatic rings. The number of aromatic nitrogens is 1. The van der Waals surface area contributed by atoms with Crippen LogP contribution in [0, 0.1) is 6.92 Å². The van der Waals surface area contributed by atoms with Gasteiger partial charge in [0.25, 0.3) is 0 Å². The fourth-order valence-electron chi connectivity index (χ4n) is 2.93. The molecule has 0 fully saturated rings. The van der Waals surface area contributed by atoms with Gasteiger partial charge in [0.05, 0.1) is 18.2 Å². The maximum absolute atomic E-state index is 12.1. The molecule has 6 nitrogen and oxygen atoms in total. The molecule has 2 aromatic rings. The number of rotatable bonds is 5. The highest BCUT2D eigenvalue weighted by atomic mass is 16.5. The van der Waals surface area contributed by atoms with E-state index in [0.29, 0.717) is 19.3 Å². The molecule has 1 aliphatic heterocycles. The number of carbonyl (C=O) groups excluding carboxylic acids is 2. The number of anilines is 1. The highest BCUT2D eigenvalue weighted by molar-refractivity contribution is 6.00. The van der Waals surface area contributed by atoms with Crippen LogP contribution in [0.3, 0.4) is 0 Å². The van der Waals surface area contributed by atoms with Gasteiger partial charge in [-0.15, -0.1) is 0 Å². The minimum absolute atomic E-state index is 0.0307. The van der Waals surface area contributed by atoms with Gasteiger partial charge in [0.2, 0.25) is 11.8 Å². The SMILES string of the molecule is Cc1cc(CCC(=O)NC(C)c2ccc3c(c2)CC(=O)N3C)no1. The van der Waals surface area contributed by atoms with Gasteiger partial charge in [-0.25, -0.2) is 0 Å². The van der Waals surface area contributed by atoms with E-state index in [1.807, 2.05) is 38.1 Å². The lowest BCUT2D eigenvalue weighted by Gasteiger charge is -2.16. The van der Waals surface area contributed by atoms with Crippen molar-refractivity contribution in [3.05, 3.63) is 46.8 Å². The van der Waals surface area contributed by atoms with Crippen molar-refractivity contribution in [2.24, 2.45) is 0 Å². The van der Waals surface area contributed by atoms with Crippen molar-refractivity contribution in [1.29, 1.82) is 0 Å². The molecule has 126 valence electrons. The van der Waals surface area contributed by atoms with Crippen molar-refractivity contribution in [1.82, 2.24) is 10.5 Å². The van der Waals surface area contributed by atoms with Gasteiger partial charge in [-0.1, -0.05) is 17.3 Å². The fourth-order valence-corrected chi connectivity index (χ4v) is 2.93. The second-order valence-corrected chi connectivity index (χ2v) is 6.24. The maximum Gasteiger partial charge on any atom is 0.231 e. The van der Waals surface area contributed by atoms with Gasteiger partial charge in [0.15, 0.2) is 0 Å². The van der Waals surface area contributed by atoms with E-state index in [9.17, 15) is 9.59 Å². The summed E-state index contributed by atoms with van der Waals surface area (Å²) < 4.78 is 4.99. The van der Waals surface area contributed by atoms with Crippen LogP contribution in [0.2, 0.25) is 0 Å². The zero-order chi connectivity index (χ0) is 17.3. The van der Waals surface area contributed by atoms with E-state index in [1.165, 1.54) is 0 Å². The lowest BCUT2D eigenvalue weighted by molar-refractivity contribution is -0.121. The Morgan fingerprint density at radius 3 is 2.92 bits per heavy atom. The minimum Gasteiger partial charge on any atom is -0.361 e. The number of amides is 2. The van der Waals surface area contributed by atoms with Crippen LogP contribution in [-0.4, -0.2) is 24.0 Å². The van der Waals surface area contributed by atoms with Crippen molar-refractivity contribution < 1.29 is 14.1 Å². The molecule has 0 radical (unpaired) electrons. The summed E-state index contributed by atoms with van der Waals surface area (Å²) in [5.74, 6) is 0.815. The van der Waals surface area contributed by atoms with E-state index in [0.717, 1.165) is 28.3 Å². The van der Waals surface area contributed by atoms with Crippen LogP contribution in [0.25, 0.3) is 0 Å². The highest BCUT2D eigenvalue weighted by Crippen LogP contribution is 2.30. The molecule has 2 heterocycles. The third-order valence-electron chi connectivity index (χ3n) is 4.34. The number of fused-ring (bicyclic) bond motifs is 1. The molecule has 0 saturated carbocycles. The van der Waals surface area contributed by atoms with Crippen LogP contribution < -0.4 is 10.2 Å². The predicted octanol–water partition coefficient (Wildman–Crippen LogP) is 2.31. The molecule has 24 heavy (non-hydrogen) atoms. The number of carbonyl (C=O) groups is 2. The Morgan fingerprint density at radius 2 is 2.21 bits per heavy atom. The molecule has 0 saturated heterocycles. The van der Waals surface area contributed by atoms with Crippen LogP contribution in [-0.2, 0) is 22.4 Å². The molecule has 1 N–H and O–H groups in total. The minimum atomic E-state index is -0.108. The van der Waals surface area contributed by atoms with Crippen LogP contribution in [0.1, 0.15) is 42.0 Å². The van der Waals surface area contributed by atoms with Crippen molar-refractivity contribution in [2.45, 2.75) is 39.2 Å². The Labute approximate surface area is 140 Å². The number of aryl methyl sites for hydroxylation is 2. The van der Waals surface area contributed by atoms with Gasteiger partial charge >= 0.3 is 0 Å². The Hall–Kier alpha value is -2.63. The average molecular weight is 327 g/mol. The molecule has 1 aromatic heterocycles. The Bertz CT molecular complexity index is 782.